The van der Waals surface area contributed by atoms with Gasteiger partial charge >= 0.3 is 0 Å². The van der Waals surface area contributed by atoms with E-state index in [-0.39, 0.29) is 5.91 Å². The largest absolute Gasteiger partial charge is 0.342 e. The summed E-state index contributed by atoms with van der Waals surface area (Å²) >= 11 is 1.50. The Balaban J connectivity index is 1.58. The number of hydrogen-bond acceptors (Lipinski definition) is 5. The van der Waals surface area contributed by atoms with Gasteiger partial charge in [-0.25, -0.2) is 0 Å². The van der Waals surface area contributed by atoms with E-state index in [1.807, 2.05) is 11.9 Å². The highest BCUT2D eigenvalue weighted by atomic mass is 32.2. The van der Waals surface area contributed by atoms with Crippen LogP contribution in [0.1, 0.15) is 37.4 Å². The zero-order valence-corrected chi connectivity index (χ0v) is 13.4. The van der Waals surface area contributed by atoms with Crippen LogP contribution in [-0.2, 0) is 11.8 Å². The highest BCUT2D eigenvalue weighted by Crippen LogP contribution is 2.25. The molecule has 3 rings (SSSR count). The first-order chi connectivity index (χ1) is 10.3. The molecule has 0 spiro atoms. The topological polar surface area (TPSA) is 63.1 Å². The first-order valence-electron chi connectivity index (χ1n) is 7.76. The number of nitrogens with zero attached hydrogens (tertiary/aromatic N) is 4. The summed E-state index contributed by atoms with van der Waals surface area (Å²) in [4.78, 5) is 14.0. The van der Waals surface area contributed by atoms with Crippen molar-refractivity contribution in [1.82, 2.24) is 25.0 Å². The first kappa shape index (κ1) is 14.8. The number of rotatable bonds is 4. The molecule has 2 fully saturated rings. The summed E-state index contributed by atoms with van der Waals surface area (Å²) in [7, 11) is 2.01. The second-order valence-corrected chi connectivity index (χ2v) is 6.76. The normalized spacial score (nSPS) is 22.7. The Morgan fingerprint density at radius 2 is 2.14 bits per heavy atom. The fourth-order valence-electron chi connectivity index (χ4n) is 3.06. The Morgan fingerprint density at radius 1 is 1.33 bits per heavy atom. The number of hydrogen-bond donors (Lipinski definition) is 1. The monoisotopic (exact) mass is 309 g/mol. The Labute approximate surface area is 129 Å². The van der Waals surface area contributed by atoms with Gasteiger partial charge < -0.3 is 14.8 Å². The lowest BCUT2D eigenvalue weighted by molar-refractivity contribution is -0.127. The smallest absolute Gasteiger partial charge is 0.233 e. The summed E-state index contributed by atoms with van der Waals surface area (Å²) in [5.74, 6) is 2.18. The lowest BCUT2D eigenvalue weighted by Gasteiger charge is -2.21. The number of carbonyl (C=O) groups is 1. The molecule has 116 valence electrons. The molecule has 1 aromatic rings. The van der Waals surface area contributed by atoms with E-state index >= 15 is 0 Å². The minimum absolute atomic E-state index is 0.224. The fourth-order valence-corrected chi connectivity index (χ4v) is 3.88. The number of thioether (sulfide) groups is 1. The molecule has 1 amide bonds. The number of nitrogens with one attached hydrogen (secondary N) is 1. The van der Waals surface area contributed by atoms with E-state index in [0.717, 1.165) is 56.4 Å². The summed E-state index contributed by atoms with van der Waals surface area (Å²) in [6.07, 6.45) is 4.63. The zero-order chi connectivity index (χ0) is 14.7. The van der Waals surface area contributed by atoms with Crippen molar-refractivity contribution in [2.45, 2.75) is 36.8 Å². The molecule has 0 aromatic carbocycles. The van der Waals surface area contributed by atoms with Gasteiger partial charge in [-0.05, 0) is 32.2 Å². The second-order valence-electron chi connectivity index (χ2n) is 5.82. The van der Waals surface area contributed by atoms with Gasteiger partial charge in [-0.2, -0.15) is 0 Å². The number of amides is 1. The molecule has 1 atom stereocenters. The molecule has 0 saturated carbocycles. The van der Waals surface area contributed by atoms with Crippen LogP contribution in [-0.4, -0.2) is 57.5 Å². The predicted octanol–water partition coefficient (Wildman–Crippen LogP) is 0.997. The van der Waals surface area contributed by atoms with Crippen LogP contribution >= 0.6 is 11.8 Å². The first-order valence-corrected chi connectivity index (χ1v) is 8.75. The quantitative estimate of drug-likeness (QED) is 0.841. The van der Waals surface area contributed by atoms with E-state index in [0.29, 0.717) is 11.7 Å². The summed E-state index contributed by atoms with van der Waals surface area (Å²) in [5, 5.41) is 12.9. The average Bonchev–Trinajstić information content (AvgIpc) is 3.16. The van der Waals surface area contributed by atoms with E-state index in [1.165, 1.54) is 18.2 Å². The highest BCUT2D eigenvalue weighted by molar-refractivity contribution is 7.99. The lowest BCUT2D eigenvalue weighted by atomic mass is 9.99. The third-order valence-electron chi connectivity index (χ3n) is 4.31. The maximum Gasteiger partial charge on any atom is 0.233 e. The maximum atomic E-state index is 12.1. The van der Waals surface area contributed by atoms with Crippen molar-refractivity contribution in [3.05, 3.63) is 5.82 Å². The van der Waals surface area contributed by atoms with Crippen LogP contribution in [0, 0.1) is 0 Å². The molecule has 0 radical (unpaired) electrons. The number of piperidine rings is 1. The molecule has 21 heavy (non-hydrogen) atoms. The Bertz CT molecular complexity index is 492. The van der Waals surface area contributed by atoms with Crippen molar-refractivity contribution < 1.29 is 4.79 Å². The van der Waals surface area contributed by atoms with Gasteiger partial charge in [-0.15, -0.1) is 10.2 Å². The molecule has 2 aliphatic rings. The van der Waals surface area contributed by atoms with Crippen molar-refractivity contribution >= 4 is 17.7 Å². The van der Waals surface area contributed by atoms with Crippen molar-refractivity contribution in [2.75, 3.05) is 31.9 Å². The van der Waals surface area contributed by atoms with E-state index in [9.17, 15) is 4.79 Å². The van der Waals surface area contributed by atoms with Crippen molar-refractivity contribution in [2.24, 2.45) is 7.05 Å². The molecule has 3 heterocycles. The molecule has 1 N–H and O–H groups in total. The molecule has 1 aromatic heterocycles. The van der Waals surface area contributed by atoms with Gasteiger partial charge in [-0.1, -0.05) is 11.8 Å². The van der Waals surface area contributed by atoms with Gasteiger partial charge in [0.25, 0.3) is 0 Å². The Kier molecular flexibility index (Phi) is 4.80. The van der Waals surface area contributed by atoms with Crippen LogP contribution in [0.4, 0.5) is 0 Å². The van der Waals surface area contributed by atoms with Gasteiger partial charge in [0, 0.05) is 32.6 Å². The lowest BCUT2D eigenvalue weighted by Crippen LogP contribution is -2.30. The molecule has 2 saturated heterocycles. The molecule has 0 unspecified atom stereocenters. The third-order valence-corrected chi connectivity index (χ3v) is 5.32. The van der Waals surface area contributed by atoms with Crippen molar-refractivity contribution in [3.8, 4) is 0 Å². The summed E-state index contributed by atoms with van der Waals surface area (Å²) in [6.45, 7) is 3.90. The molecule has 7 heteroatoms. The van der Waals surface area contributed by atoms with Crippen LogP contribution < -0.4 is 5.32 Å². The molecular weight excluding hydrogens is 286 g/mol. The minimum atomic E-state index is 0.224. The third kappa shape index (κ3) is 3.40. The predicted molar refractivity (Wildman–Crippen MR) is 82.4 cm³/mol. The molecule has 6 nitrogen and oxygen atoms in total. The standard InChI is InChI=1S/C14H23N5OS/c1-18-13(11-5-4-6-15-9-11)16-17-14(18)21-10-12(20)19-7-2-3-8-19/h11,15H,2-10H2,1H3/t11-/m0/s1. The molecule has 2 aliphatic heterocycles. The maximum absolute atomic E-state index is 12.1. The van der Waals surface area contributed by atoms with Gasteiger partial charge in [0.1, 0.15) is 5.82 Å². The number of carbonyl (C=O) groups excluding carboxylic acids is 1. The van der Waals surface area contributed by atoms with Crippen LogP contribution in [0.15, 0.2) is 5.16 Å². The second kappa shape index (κ2) is 6.79. The van der Waals surface area contributed by atoms with Gasteiger partial charge in [0.2, 0.25) is 5.91 Å². The average molecular weight is 309 g/mol. The van der Waals surface area contributed by atoms with Gasteiger partial charge in [-0.3, -0.25) is 4.79 Å². The summed E-state index contributed by atoms with van der Waals surface area (Å²) in [6, 6.07) is 0. The van der Waals surface area contributed by atoms with E-state index in [4.69, 9.17) is 0 Å². The van der Waals surface area contributed by atoms with Crippen LogP contribution in [0.3, 0.4) is 0 Å². The van der Waals surface area contributed by atoms with E-state index in [1.54, 1.807) is 0 Å². The summed E-state index contributed by atoms with van der Waals surface area (Å²) < 4.78 is 2.06. The fraction of sp³-hybridized carbons (Fsp3) is 0.786. The van der Waals surface area contributed by atoms with Gasteiger partial charge in [0.05, 0.1) is 5.75 Å². The van der Waals surface area contributed by atoms with Crippen LogP contribution in [0.25, 0.3) is 0 Å². The molecule has 0 aliphatic carbocycles. The zero-order valence-electron chi connectivity index (χ0n) is 12.5. The van der Waals surface area contributed by atoms with Gasteiger partial charge in [0.15, 0.2) is 5.16 Å². The van der Waals surface area contributed by atoms with Crippen molar-refractivity contribution in [3.63, 3.8) is 0 Å². The number of likely N-dealkylation sites (tertiary alicyclic amines) is 1. The minimum Gasteiger partial charge on any atom is -0.342 e. The number of aromatic nitrogens is 3. The molecular formula is C14H23N5OS. The van der Waals surface area contributed by atoms with E-state index < -0.39 is 0 Å². The Hall–Kier alpha value is -1.08. The Morgan fingerprint density at radius 3 is 2.86 bits per heavy atom. The van der Waals surface area contributed by atoms with Crippen molar-refractivity contribution in [1.29, 1.82) is 0 Å². The van der Waals surface area contributed by atoms with Crippen LogP contribution in [0.5, 0.6) is 0 Å². The SMILES string of the molecule is Cn1c(SCC(=O)N2CCCC2)nnc1[C@H]1CCCNC1. The van der Waals surface area contributed by atoms with Crippen LogP contribution in [0.2, 0.25) is 0 Å². The molecule has 0 bridgehead atoms. The van der Waals surface area contributed by atoms with E-state index in [2.05, 4.69) is 20.1 Å². The highest BCUT2D eigenvalue weighted by Gasteiger charge is 2.23. The summed E-state index contributed by atoms with van der Waals surface area (Å²) in [5.41, 5.74) is 0.